The van der Waals surface area contributed by atoms with E-state index in [9.17, 15) is 15.0 Å². The first kappa shape index (κ1) is 13.1. The molecule has 2 N–H and O–H groups in total. The van der Waals surface area contributed by atoms with Crippen LogP contribution in [0.25, 0.3) is 0 Å². The Morgan fingerprint density at radius 3 is 2.79 bits per heavy atom. The summed E-state index contributed by atoms with van der Waals surface area (Å²) in [5, 5.41) is 21.6. The summed E-state index contributed by atoms with van der Waals surface area (Å²) >= 11 is 0. The van der Waals surface area contributed by atoms with Crippen molar-refractivity contribution >= 4 is 5.97 Å². The molecule has 4 nitrogen and oxygen atoms in total. The molecule has 19 heavy (non-hydrogen) atoms. The van der Waals surface area contributed by atoms with Gasteiger partial charge >= 0.3 is 5.97 Å². The molecule has 3 fully saturated rings. The fourth-order valence-electron chi connectivity index (χ4n) is 4.38. The summed E-state index contributed by atoms with van der Waals surface area (Å²) < 4.78 is 5.47. The molecule has 0 unspecified atom stereocenters. The number of carbonyl (C=O) groups is 1. The zero-order chi connectivity index (χ0) is 14.0. The number of aliphatic hydroxyl groups excluding tert-OH is 1. The van der Waals surface area contributed by atoms with Crippen LogP contribution in [0.4, 0.5) is 0 Å². The maximum absolute atomic E-state index is 11.8. The Bertz CT molecular complexity index is 445. The molecule has 2 aliphatic carbocycles. The first-order valence-electron chi connectivity index (χ1n) is 7.11. The monoisotopic (exact) mass is 266 g/mol. The van der Waals surface area contributed by atoms with E-state index in [2.05, 4.69) is 6.58 Å². The Balaban J connectivity index is 2.08. The number of esters is 1. The molecule has 0 radical (unpaired) electrons. The number of rotatable bonds is 0. The van der Waals surface area contributed by atoms with Gasteiger partial charge in [-0.25, -0.2) is 0 Å². The lowest BCUT2D eigenvalue weighted by Crippen LogP contribution is -2.67. The van der Waals surface area contributed by atoms with E-state index in [0.29, 0.717) is 24.8 Å². The molecular formula is C15H22O4. The molecule has 0 spiro atoms. The van der Waals surface area contributed by atoms with Crippen LogP contribution in [0, 0.1) is 17.3 Å². The van der Waals surface area contributed by atoms with Crippen molar-refractivity contribution in [2.45, 2.75) is 57.3 Å². The summed E-state index contributed by atoms with van der Waals surface area (Å²) in [6, 6.07) is 0. The van der Waals surface area contributed by atoms with E-state index in [0.717, 1.165) is 6.42 Å². The third-order valence-electron chi connectivity index (χ3n) is 5.92. The van der Waals surface area contributed by atoms with Crippen LogP contribution in [0.1, 0.15) is 39.5 Å². The van der Waals surface area contributed by atoms with Gasteiger partial charge in [0.1, 0.15) is 11.7 Å². The number of aliphatic hydroxyl groups is 2. The summed E-state index contributed by atoms with van der Waals surface area (Å²) in [5.41, 5.74) is -1.24. The molecule has 1 heterocycles. The van der Waals surface area contributed by atoms with Crippen LogP contribution in [0.15, 0.2) is 12.2 Å². The fraction of sp³-hybridized carbons (Fsp3) is 0.800. The summed E-state index contributed by atoms with van der Waals surface area (Å²) in [5.74, 6) is -0.376. The molecule has 3 aliphatic rings. The highest BCUT2D eigenvalue weighted by Gasteiger charge is 2.67. The molecule has 2 saturated carbocycles. The summed E-state index contributed by atoms with van der Waals surface area (Å²) in [6.45, 7) is 7.77. The molecule has 4 heteroatoms. The second-order valence-corrected chi connectivity index (χ2v) is 6.69. The lowest BCUT2D eigenvalue weighted by atomic mass is 9.51. The highest BCUT2D eigenvalue weighted by molar-refractivity contribution is 5.75. The van der Waals surface area contributed by atoms with Crippen molar-refractivity contribution in [3.8, 4) is 0 Å². The SMILES string of the molecule is C=C1CC[C@@H](O)[C@]2(C)CC[C@@H]3[C@H](C)C(=O)O[C@@H]3[C@@]12O. The van der Waals surface area contributed by atoms with Crippen molar-refractivity contribution in [2.75, 3.05) is 0 Å². The molecule has 0 bridgehead atoms. The van der Waals surface area contributed by atoms with E-state index in [1.807, 2.05) is 13.8 Å². The third-order valence-corrected chi connectivity index (χ3v) is 5.92. The van der Waals surface area contributed by atoms with Crippen LogP contribution >= 0.6 is 0 Å². The lowest BCUT2D eigenvalue weighted by molar-refractivity contribution is -0.216. The smallest absolute Gasteiger partial charge is 0.309 e. The number of hydrogen-bond acceptors (Lipinski definition) is 4. The number of ether oxygens (including phenoxy) is 1. The van der Waals surface area contributed by atoms with Gasteiger partial charge in [-0.05, 0) is 31.3 Å². The zero-order valence-electron chi connectivity index (χ0n) is 11.6. The maximum Gasteiger partial charge on any atom is 0.309 e. The Labute approximate surface area is 113 Å². The Hall–Kier alpha value is -0.870. The van der Waals surface area contributed by atoms with Gasteiger partial charge in [-0.15, -0.1) is 0 Å². The standard InChI is InChI=1S/C15H22O4/c1-8-4-5-11(16)14(3)7-6-10-9(2)13(17)19-12(10)15(8,14)18/h9-12,16,18H,1,4-7H2,2-3H3/t9-,10+,11+,12-,14-,15-/m0/s1. The van der Waals surface area contributed by atoms with Crippen molar-refractivity contribution in [3.05, 3.63) is 12.2 Å². The van der Waals surface area contributed by atoms with Gasteiger partial charge in [0.25, 0.3) is 0 Å². The van der Waals surface area contributed by atoms with Crippen LogP contribution in [0.5, 0.6) is 0 Å². The fourth-order valence-corrected chi connectivity index (χ4v) is 4.38. The minimum Gasteiger partial charge on any atom is -0.458 e. The van der Waals surface area contributed by atoms with Crippen molar-refractivity contribution in [1.29, 1.82) is 0 Å². The van der Waals surface area contributed by atoms with E-state index in [1.165, 1.54) is 0 Å². The topological polar surface area (TPSA) is 66.8 Å². The highest BCUT2D eigenvalue weighted by atomic mass is 16.6. The second kappa shape index (κ2) is 3.83. The molecule has 6 atom stereocenters. The van der Waals surface area contributed by atoms with Gasteiger partial charge < -0.3 is 14.9 Å². The molecule has 106 valence electrons. The molecule has 1 aliphatic heterocycles. The highest BCUT2D eigenvalue weighted by Crippen LogP contribution is 2.59. The van der Waals surface area contributed by atoms with Crippen LogP contribution in [0.2, 0.25) is 0 Å². The van der Waals surface area contributed by atoms with Crippen LogP contribution in [-0.4, -0.2) is 34.0 Å². The van der Waals surface area contributed by atoms with Gasteiger partial charge in [0, 0.05) is 11.3 Å². The number of fused-ring (bicyclic) bond motifs is 3. The molecular weight excluding hydrogens is 244 g/mol. The molecule has 3 rings (SSSR count). The molecule has 0 aromatic heterocycles. The average molecular weight is 266 g/mol. The summed E-state index contributed by atoms with van der Waals surface area (Å²) in [4.78, 5) is 11.8. The van der Waals surface area contributed by atoms with Gasteiger partial charge in [0.15, 0.2) is 0 Å². The molecule has 0 amide bonds. The van der Waals surface area contributed by atoms with Crippen LogP contribution in [0.3, 0.4) is 0 Å². The Kier molecular flexibility index (Phi) is 2.64. The third kappa shape index (κ3) is 1.39. The number of hydrogen-bond donors (Lipinski definition) is 2. The van der Waals surface area contributed by atoms with Crippen molar-refractivity contribution in [1.82, 2.24) is 0 Å². The van der Waals surface area contributed by atoms with E-state index in [4.69, 9.17) is 4.74 Å². The Morgan fingerprint density at radius 2 is 2.11 bits per heavy atom. The van der Waals surface area contributed by atoms with E-state index in [1.54, 1.807) is 0 Å². The summed E-state index contributed by atoms with van der Waals surface area (Å²) in [6.07, 6.45) is 1.60. The number of carbonyl (C=O) groups excluding carboxylic acids is 1. The summed E-state index contributed by atoms with van der Waals surface area (Å²) in [7, 11) is 0. The van der Waals surface area contributed by atoms with Crippen molar-refractivity contribution in [2.24, 2.45) is 17.3 Å². The van der Waals surface area contributed by atoms with Gasteiger partial charge in [-0.2, -0.15) is 0 Å². The van der Waals surface area contributed by atoms with Crippen LogP contribution < -0.4 is 0 Å². The molecule has 1 saturated heterocycles. The lowest BCUT2D eigenvalue weighted by Gasteiger charge is -2.58. The normalized spacial score (nSPS) is 53.5. The van der Waals surface area contributed by atoms with Gasteiger partial charge in [0.05, 0.1) is 12.0 Å². The van der Waals surface area contributed by atoms with Crippen LogP contribution in [-0.2, 0) is 9.53 Å². The maximum atomic E-state index is 11.8. The minimum atomic E-state index is -1.28. The zero-order valence-corrected chi connectivity index (χ0v) is 11.6. The average Bonchev–Trinajstić information content (AvgIpc) is 2.66. The minimum absolute atomic E-state index is 0.0348. The van der Waals surface area contributed by atoms with Gasteiger partial charge in [-0.3, -0.25) is 4.79 Å². The predicted octanol–water partition coefficient (Wildman–Crippen LogP) is 1.41. The van der Waals surface area contributed by atoms with Crippen molar-refractivity contribution in [3.63, 3.8) is 0 Å². The second-order valence-electron chi connectivity index (χ2n) is 6.69. The first-order valence-corrected chi connectivity index (χ1v) is 7.11. The van der Waals surface area contributed by atoms with E-state index < -0.39 is 23.2 Å². The molecule has 0 aromatic rings. The van der Waals surface area contributed by atoms with E-state index in [-0.39, 0.29) is 17.8 Å². The Morgan fingerprint density at radius 1 is 1.42 bits per heavy atom. The molecule has 0 aromatic carbocycles. The van der Waals surface area contributed by atoms with Crippen molar-refractivity contribution < 1.29 is 19.7 Å². The quantitative estimate of drug-likeness (QED) is 0.514. The first-order chi connectivity index (χ1) is 8.82. The van der Waals surface area contributed by atoms with Gasteiger partial charge in [0.2, 0.25) is 0 Å². The predicted molar refractivity (Wildman–Crippen MR) is 69.2 cm³/mol. The van der Waals surface area contributed by atoms with E-state index >= 15 is 0 Å². The largest absolute Gasteiger partial charge is 0.458 e. The van der Waals surface area contributed by atoms with Gasteiger partial charge in [-0.1, -0.05) is 20.4 Å².